The number of carbonyl (C=O) groups is 5. The molecular formula is C39H41BrN2O12. The highest BCUT2D eigenvalue weighted by Crippen LogP contribution is 2.62. The number of para-hydroxylation sites is 1. The summed E-state index contributed by atoms with van der Waals surface area (Å²) in [6.07, 6.45) is -0.733. The van der Waals surface area contributed by atoms with Gasteiger partial charge in [0.05, 0.1) is 23.8 Å². The molecule has 1 N–H and O–H groups in total. The Balaban J connectivity index is 1.36. The molecule has 1 aromatic heterocycles. The Hall–Kier alpha value is -5.02. The van der Waals surface area contributed by atoms with Crippen LogP contribution in [0.5, 0.6) is 5.75 Å². The minimum absolute atomic E-state index is 0.0699. The molecule has 54 heavy (non-hydrogen) atoms. The number of rotatable bonds is 11. The Morgan fingerprint density at radius 2 is 1.63 bits per heavy atom. The fourth-order valence-corrected chi connectivity index (χ4v) is 7.10. The van der Waals surface area contributed by atoms with Crippen LogP contribution in [0.1, 0.15) is 47.1 Å². The molecule has 2 bridgehead atoms. The van der Waals surface area contributed by atoms with E-state index in [1.165, 1.54) is 25.1 Å². The highest BCUT2D eigenvalue weighted by Gasteiger charge is 2.79. The molecular weight excluding hydrogens is 768 g/mol. The molecule has 14 nitrogen and oxygen atoms in total. The monoisotopic (exact) mass is 808 g/mol. The summed E-state index contributed by atoms with van der Waals surface area (Å²) >= 11 is 3.24. The zero-order chi connectivity index (χ0) is 39.4. The number of amides is 3. The number of benzene rings is 2. The fourth-order valence-electron chi connectivity index (χ4n) is 6.99. The van der Waals surface area contributed by atoms with Crippen LogP contribution in [0.15, 0.2) is 75.6 Å². The highest BCUT2D eigenvalue weighted by molar-refractivity contribution is 9.10. The van der Waals surface area contributed by atoms with E-state index >= 15 is 0 Å². The molecule has 4 heterocycles. The van der Waals surface area contributed by atoms with Gasteiger partial charge >= 0.3 is 23.7 Å². The maximum atomic E-state index is 14.5. The predicted molar refractivity (Wildman–Crippen MR) is 197 cm³/mol. The van der Waals surface area contributed by atoms with Crippen molar-refractivity contribution in [2.45, 2.75) is 70.1 Å². The van der Waals surface area contributed by atoms with Crippen LogP contribution in [0.3, 0.4) is 0 Å². The molecule has 2 saturated heterocycles. The van der Waals surface area contributed by atoms with Crippen molar-refractivity contribution in [1.29, 1.82) is 0 Å². The number of nitrogens with one attached hydrogen (secondary N) is 1. The van der Waals surface area contributed by atoms with Crippen LogP contribution < -0.4 is 15.7 Å². The highest BCUT2D eigenvalue weighted by atomic mass is 79.9. The number of esters is 2. The van der Waals surface area contributed by atoms with E-state index in [0.29, 0.717) is 16.7 Å². The summed E-state index contributed by atoms with van der Waals surface area (Å²) < 4.78 is 34.4. The van der Waals surface area contributed by atoms with Crippen molar-refractivity contribution < 1.29 is 52.1 Å². The van der Waals surface area contributed by atoms with Crippen molar-refractivity contribution >= 4 is 62.4 Å². The molecule has 5 atom stereocenters. The zero-order valence-electron chi connectivity index (χ0n) is 30.9. The number of imide groups is 1. The van der Waals surface area contributed by atoms with Gasteiger partial charge in [-0.2, -0.15) is 0 Å². The number of likely N-dealkylation sites (tertiary alicyclic amines) is 1. The van der Waals surface area contributed by atoms with Gasteiger partial charge in [-0.05, 0) is 84.4 Å². The lowest BCUT2D eigenvalue weighted by Gasteiger charge is -2.37. The number of alkyl halides is 1. The Morgan fingerprint density at radius 3 is 2.30 bits per heavy atom. The van der Waals surface area contributed by atoms with Crippen molar-refractivity contribution in [2.24, 2.45) is 17.3 Å². The second-order valence-corrected chi connectivity index (χ2v) is 17.1. The normalized spacial score (nSPS) is 23.9. The first-order chi connectivity index (χ1) is 25.3. The number of anilines is 1. The van der Waals surface area contributed by atoms with Crippen molar-refractivity contribution in [3.8, 4) is 5.75 Å². The van der Waals surface area contributed by atoms with E-state index in [1.54, 1.807) is 84.0 Å². The van der Waals surface area contributed by atoms with Crippen LogP contribution in [0.2, 0.25) is 0 Å². The van der Waals surface area contributed by atoms with Gasteiger partial charge in [0, 0.05) is 23.2 Å². The summed E-state index contributed by atoms with van der Waals surface area (Å²) in [5, 5.41) is 3.30. The first-order valence-corrected chi connectivity index (χ1v) is 18.1. The number of ether oxygens (including phenoxy) is 5. The minimum atomic E-state index is -1.89. The molecule has 5 unspecified atom stereocenters. The molecule has 0 spiro atoms. The van der Waals surface area contributed by atoms with Crippen LogP contribution in [0.25, 0.3) is 11.0 Å². The summed E-state index contributed by atoms with van der Waals surface area (Å²) in [6.45, 7) is 10.5. The maximum Gasteiger partial charge on any atom is 0.412 e. The fraction of sp³-hybridized carbons (Fsp3) is 0.436. The Labute approximate surface area is 319 Å². The molecule has 2 aromatic carbocycles. The van der Waals surface area contributed by atoms with Gasteiger partial charge in [0.15, 0.2) is 5.60 Å². The van der Waals surface area contributed by atoms with Gasteiger partial charge in [0.2, 0.25) is 11.8 Å². The molecule has 0 radical (unpaired) electrons. The first kappa shape index (κ1) is 38.7. The van der Waals surface area contributed by atoms with Crippen molar-refractivity contribution in [3.63, 3.8) is 0 Å². The molecule has 0 aliphatic carbocycles. The molecule has 15 heteroatoms. The van der Waals surface area contributed by atoms with Gasteiger partial charge in [0.25, 0.3) is 0 Å². The molecule has 3 aliphatic rings. The van der Waals surface area contributed by atoms with Gasteiger partial charge in [-0.15, -0.1) is 0 Å². The SMILES string of the molecule is Cc1cc(=O)oc2cc(NC(=O)OC(C)C34OC(COC(=O)C(C)(C)C)(C=C3Oc3ccccc3)C3C(=O)N(CCOC(=O)C(C)(C)Br)C(=O)C34)ccc12. The van der Waals surface area contributed by atoms with Crippen molar-refractivity contribution in [2.75, 3.05) is 25.1 Å². The van der Waals surface area contributed by atoms with Crippen LogP contribution in [-0.2, 0) is 38.1 Å². The van der Waals surface area contributed by atoms with E-state index in [-0.39, 0.29) is 30.2 Å². The third-order valence-electron chi connectivity index (χ3n) is 9.64. The number of halogens is 1. The van der Waals surface area contributed by atoms with Gasteiger partial charge in [-0.3, -0.25) is 29.4 Å². The molecule has 3 aliphatic heterocycles. The molecule has 3 aromatic rings. The lowest BCUT2D eigenvalue weighted by molar-refractivity contribution is -0.175. The number of hydrogen-bond donors (Lipinski definition) is 1. The second-order valence-electron chi connectivity index (χ2n) is 15.1. The summed E-state index contributed by atoms with van der Waals surface area (Å²) in [5.74, 6) is -4.61. The van der Waals surface area contributed by atoms with E-state index in [9.17, 15) is 28.8 Å². The first-order valence-electron chi connectivity index (χ1n) is 17.3. The average molecular weight is 810 g/mol. The second kappa shape index (κ2) is 14.0. The average Bonchev–Trinajstić information content (AvgIpc) is 3.67. The van der Waals surface area contributed by atoms with Gasteiger partial charge in [-0.1, -0.05) is 34.1 Å². The summed E-state index contributed by atoms with van der Waals surface area (Å²) in [4.78, 5) is 80.8. The van der Waals surface area contributed by atoms with Crippen LogP contribution in [0, 0.1) is 24.2 Å². The summed E-state index contributed by atoms with van der Waals surface area (Å²) in [6, 6.07) is 14.7. The molecule has 286 valence electrons. The predicted octanol–water partition coefficient (Wildman–Crippen LogP) is 5.43. The number of fused-ring (bicyclic) bond motifs is 6. The molecule has 3 amide bonds. The number of hydrogen-bond acceptors (Lipinski definition) is 12. The topological polar surface area (TPSA) is 177 Å². The van der Waals surface area contributed by atoms with Crippen LogP contribution in [0.4, 0.5) is 10.5 Å². The maximum absolute atomic E-state index is 14.5. The Morgan fingerprint density at radius 1 is 0.944 bits per heavy atom. The lowest BCUT2D eigenvalue weighted by Crippen LogP contribution is -2.53. The molecule has 6 rings (SSSR count). The van der Waals surface area contributed by atoms with Gasteiger partial charge in [0.1, 0.15) is 46.3 Å². The smallest absolute Gasteiger partial charge is 0.412 e. The van der Waals surface area contributed by atoms with E-state index < -0.39 is 81.0 Å². The van der Waals surface area contributed by atoms with E-state index in [2.05, 4.69) is 21.2 Å². The van der Waals surface area contributed by atoms with E-state index in [1.807, 2.05) is 0 Å². The van der Waals surface area contributed by atoms with E-state index in [4.69, 9.17) is 28.1 Å². The number of nitrogens with zero attached hydrogens (tertiary/aromatic N) is 1. The largest absolute Gasteiger partial charge is 0.463 e. The minimum Gasteiger partial charge on any atom is -0.463 e. The van der Waals surface area contributed by atoms with Gasteiger partial charge < -0.3 is 28.1 Å². The standard InChI is InChI=1S/C39H41BrN2O12/c1-21-17-28(43)53-26-18-23(13-14-25(21)26)41-35(48)51-22(2)39-27(52-24-11-9-8-10-12-24)19-38(54-39,20-50-33(46)36(3,4)5)29-30(39)32(45)42(31(29)44)15-16-49-34(47)37(6,7)40/h8-14,17-19,22,29-30H,15-16,20H2,1-7H3,(H,41,48). The van der Waals surface area contributed by atoms with Gasteiger partial charge in [-0.25, -0.2) is 9.59 Å². The quantitative estimate of drug-likeness (QED) is 0.0856. The summed E-state index contributed by atoms with van der Waals surface area (Å²) in [5.41, 5.74) is -3.87. The molecule has 0 saturated carbocycles. The van der Waals surface area contributed by atoms with Crippen molar-refractivity contribution in [1.82, 2.24) is 4.90 Å². The molecule has 2 fully saturated rings. The third-order valence-corrected chi connectivity index (χ3v) is 9.96. The van der Waals surface area contributed by atoms with Crippen LogP contribution in [-0.4, -0.2) is 76.1 Å². The third kappa shape index (κ3) is 7.02. The number of carbonyl (C=O) groups excluding carboxylic acids is 5. The number of aryl methyl sites for hydroxylation is 1. The van der Waals surface area contributed by atoms with Crippen LogP contribution >= 0.6 is 15.9 Å². The zero-order valence-corrected chi connectivity index (χ0v) is 32.4. The lowest BCUT2D eigenvalue weighted by atomic mass is 9.69. The summed E-state index contributed by atoms with van der Waals surface area (Å²) in [7, 11) is 0. The Bertz CT molecular complexity index is 2120. The van der Waals surface area contributed by atoms with Crippen molar-refractivity contribution in [3.05, 3.63) is 82.4 Å². The Kier molecular flexibility index (Phi) is 10.0. The van der Waals surface area contributed by atoms with E-state index in [0.717, 1.165) is 4.90 Å².